The fourth-order valence-corrected chi connectivity index (χ4v) is 1.91. The average molecular weight is 237 g/mol. The van der Waals surface area contributed by atoms with Crippen molar-refractivity contribution in [2.75, 3.05) is 18.0 Å². The van der Waals surface area contributed by atoms with Gasteiger partial charge in [-0.05, 0) is 45.2 Å². The van der Waals surface area contributed by atoms with Crippen LogP contribution in [0.5, 0.6) is 5.75 Å². The Bertz CT molecular complexity index is 346. The lowest BCUT2D eigenvalue weighted by molar-refractivity contribution is 0.184. The molecule has 1 aromatic rings. The second-order valence-corrected chi connectivity index (χ2v) is 4.37. The minimum absolute atomic E-state index is 0.322. The topological polar surface area (TPSA) is 43.7 Å². The van der Waals surface area contributed by atoms with Crippen LogP contribution in [0.1, 0.15) is 32.8 Å². The first-order valence-electron chi connectivity index (χ1n) is 6.33. The summed E-state index contributed by atoms with van der Waals surface area (Å²) in [5.41, 5.74) is 1.95. The van der Waals surface area contributed by atoms with E-state index in [-0.39, 0.29) is 6.10 Å². The third-order valence-electron chi connectivity index (χ3n) is 3.03. The largest absolute Gasteiger partial charge is 0.508 e. The third kappa shape index (κ3) is 3.93. The van der Waals surface area contributed by atoms with E-state index in [1.807, 2.05) is 18.2 Å². The Morgan fingerprint density at radius 2 is 1.88 bits per heavy atom. The van der Waals surface area contributed by atoms with E-state index in [1.165, 1.54) is 0 Å². The van der Waals surface area contributed by atoms with Crippen molar-refractivity contribution in [3.63, 3.8) is 0 Å². The molecule has 0 aliphatic rings. The van der Waals surface area contributed by atoms with Gasteiger partial charge in [-0.25, -0.2) is 0 Å². The molecular weight excluding hydrogens is 214 g/mol. The minimum atomic E-state index is -0.322. The van der Waals surface area contributed by atoms with Gasteiger partial charge in [0.2, 0.25) is 0 Å². The van der Waals surface area contributed by atoms with Crippen LogP contribution in [0, 0.1) is 0 Å². The number of aryl methyl sites for hydroxylation is 1. The van der Waals surface area contributed by atoms with Gasteiger partial charge in [-0.1, -0.05) is 6.07 Å². The Hall–Kier alpha value is -1.22. The summed E-state index contributed by atoms with van der Waals surface area (Å²) in [4.78, 5) is 2.19. The van der Waals surface area contributed by atoms with Crippen molar-refractivity contribution in [3.8, 4) is 5.75 Å². The Labute approximate surface area is 104 Å². The Morgan fingerprint density at radius 3 is 2.35 bits per heavy atom. The molecule has 1 unspecified atom stereocenters. The van der Waals surface area contributed by atoms with E-state index in [0.29, 0.717) is 18.6 Å². The van der Waals surface area contributed by atoms with E-state index in [2.05, 4.69) is 18.7 Å². The van der Waals surface area contributed by atoms with Gasteiger partial charge in [0, 0.05) is 24.8 Å². The molecule has 0 spiro atoms. The van der Waals surface area contributed by atoms with Gasteiger partial charge < -0.3 is 15.1 Å². The highest BCUT2D eigenvalue weighted by Gasteiger charge is 2.07. The number of phenols is 1. The van der Waals surface area contributed by atoms with E-state index in [0.717, 1.165) is 24.3 Å². The molecule has 0 aromatic heterocycles. The molecule has 0 fully saturated rings. The van der Waals surface area contributed by atoms with Crippen LogP contribution in [0.2, 0.25) is 0 Å². The maximum Gasteiger partial charge on any atom is 0.120 e. The highest BCUT2D eigenvalue weighted by molar-refractivity contribution is 5.53. The highest BCUT2D eigenvalue weighted by atomic mass is 16.3. The Balaban J connectivity index is 2.78. The quantitative estimate of drug-likeness (QED) is 0.799. The van der Waals surface area contributed by atoms with E-state index < -0.39 is 0 Å². The lowest BCUT2D eigenvalue weighted by atomic mass is 10.1. The smallest absolute Gasteiger partial charge is 0.120 e. The lowest BCUT2D eigenvalue weighted by Gasteiger charge is -2.21. The summed E-state index contributed by atoms with van der Waals surface area (Å²) >= 11 is 0. The second-order valence-electron chi connectivity index (χ2n) is 4.37. The molecule has 96 valence electrons. The van der Waals surface area contributed by atoms with Gasteiger partial charge in [0.15, 0.2) is 0 Å². The van der Waals surface area contributed by atoms with E-state index in [9.17, 15) is 10.2 Å². The predicted octanol–water partition coefficient (Wildman–Crippen LogP) is 2.55. The standard InChI is InChI=1S/C14H23NO2/c1-4-15(5-2)13-9-8-12(14(17)10-13)7-6-11(3)16/h8-11,16-17H,4-7H2,1-3H3. The Kier molecular flexibility index (Phi) is 5.29. The summed E-state index contributed by atoms with van der Waals surface area (Å²) in [6.45, 7) is 7.83. The van der Waals surface area contributed by atoms with Crippen LogP contribution in [-0.2, 0) is 6.42 Å². The number of nitrogens with zero attached hydrogens (tertiary/aromatic N) is 1. The molecule has 0 aliphatic carbocycles. The first kappa shape index (κ1) is 13.8. The van der Waals surface area contributed by atoms with Crippen molar-refractivity contribution < 1.29 is 10.2 Å². The fourth-order valence-electron chi connectivity index (χ4n) is 1.91. The Morgan fingerprint density at radius 1 is 1.24 bits per heavy atom. The molecule has 0 bridgehead atoms. The molecular formula is C14H23NO2. The highest BCUT2D eigenvalue weighted by Crippen LogP contribution is 2.25. The minimum Gasteiger partial charge on any atom is -0.508 e. The van der Waals surface area contributed by atoms with Crippen molar-refractivity contribution in [1.82, 2.24) is 0 Å². The molecule has 0 heterocycles. The zero-order chi connectivity index (χ0) is 12.8. The fraction of sp³-hybridized carbons (Fsp3) is 0.571. The molecule has 0 aliphatic heterocycles. The van der Waals surface area contributed by atoms with Gasteiger partial charge in [0.05, 0.1) is 6.10 Å². The van der Waals surface area contributed by atoms with Crippen molar-refractivity contribution >= 4 is 5.69 Å². The number of aliphatic hydroxyl groups excluding tert-OH is 1. The number of hydrogen-bond donors (Lipinski definition) is 2. The molecule has 3 nitrogen and oxygen atoms in total. The molecule has 1 atom stereocenters. The summed E-state index contributed by atoms with van der Waals surface area (Å²) < 4.78 is 0. The molecule has 0 radical (unpaired) electrons. The van der Waals surface area contributed by atoms with E-state index >= 15 is 0 Å². The zero-order valence-electron chi connectivity index (χ0n) is 11.0. The first-order valence-corrected chi connectivity index (χ1v) is 6.33. The molecule has 0 saturated carbocycles. The predicted molar refractivity (Wildman–Crippen MR) is 71.7 cm³/mol. The van der Waals surface area contributed by atoms with Crippen LogP contribution in [0.3, 0.4) is 0 Å². The van der Waals surface area contributed by atoms with Gasteiger partial charge in [-0.15, -0.1) is 0 Å². The van der Waals surface area contributed by atoms with Crippen LogP contribution in [0.25, 0.3) is 0 Å². The van der Waals surface area contributed by atoms with Crippen molar-refractivity contribution in [2.45, 2.75) is 39.7 Å². The average Bonchev–Trinajstić information content (AvgIpc) is 2.29. The van der Waals surface area contributed by atoms with Crippen LogP contribution < -0.4 is 4.90 Å². The first-order chi connectivity index (χ1) is 8.08. The van der Waals surface area contributed by atoms with Crippen LogP contribution in [-0.4, -0.2) is 29.4 Å². The monoisotopic (exact) mass is 237 g/mol. The number of rotatable bonds is 6. The molecule has 0 amide bonds. The molecule has 0 saturated heterocycles. The summed E-state index contributed by atoms with van der Waals surface area (Å²) in [5.74, 6) is 0.329. The van der Waals surface area contributed by atoms with Gasteiger partial charge in [-0.3, -0.25) is 0 Å². The van der Waals surface area contributed by atoms with Crippen LogP contribution >= 0.6 is 0 Å². The van der Waals surface area contributed by atoms with E-state index in [4.69, 9.17) is 0 Å². The molecule has 17 heavy (non-hydrogen) atoms. The number of aliphatic hydroxyl groups is 1. The second kappa shape index (κ2) is 6.50. The summed E-state index contributed by atoms with van der Waals surface area (Å²) in [6, 6.07) is 5.79. The van der Waals surface area contributed by atoms with Crippen LogP contribution in [0.4, 0.5) is 5.69 Å². The number of benzene rings is 1. The number of aromatic hydroxyl groups is 1. The summed E-state index contributed by atoms with van der Waals surface area (Å²) in [5, 5.41) is 19.2. The maximum atomic E-state index is 9.94. The number of hydrogen-bond acceptors (Lipinski definition) is 3. The summed E-state index contributed by atoms with van der Waals surface area (Å²) in [7, 11) is 0. The molecule has 2 N–H and O–H groups in total. The SMILES string of the molecule is CCN(CC)c1ccc(CCC(C)O)c(O)c1. The zero-order valence-corrected chi connectivity index (χ0v) is 11.0. The van der Waals surface area contributed by atoms with Crippen molar-refractivity contribution in [2.24, 2.45) is 0 Å². The number of anilines is 1. The molecule has 3 heteroatoms. The molecule has 1 aromatic carbocycles. The lowest BCUT2D eigenvalue weighted by Crippen LogP contribution is -2.21. The van der Waals surface area contributed by atoms with Crippen molar-refractivity contribution in [3.05, 3.63) is 23.8 Å². The van der Waals surface area contributed by atoms with Crippen LogP contribution in [0.15, 0.2) is 18.2 Å². The van der Waals surface area contributed by atoms with Gasteiger partial charge >= 0.3 is 0 Å². The van der Waals surface area contributed by atoms with Gasteiger partial charge in [0.1, 0.15) is 5.75 Å². The molecule has 1 rings (SSSR count). The van der Waals surface area contributed by atoms with Gasteiger partial charge in [0.25, 0.3) is 0 Å². The van der Waals surface area contributed by atoms with E-state index in [1.54, 1.807) is 6.92 Å². The number of phenolic OH excluding ortho intramolecular Hbond substituents is 1. The maximum absolute atomic E-state index is 9.94. The summed E-state index contributed by atoms with van der Waals surface area (Å²) in [6.07, 6.45) is 1.07. The normalized spacial score (nSPS) is 12.5. The van der Waals surface area contributed by atoms with Gasteiger partial charge in [-0.2, -0.15) is 0 Å². The van der Waals surface area contributed by atoms with Crippen molar-refractivity contribution in [1.29, 1.82) is 0 Å². The third-order valence-corrected chi connectivity index (χ3v) is 3.03.